The van der Waals surface area contributed by atoms with E-state index in [0.29, 0.717) is 33.5 Å². The van der Waals surface area contributed by atoms with E-state index in [1.807, 2.05) is 25.1 Å². The Bertz CT molecular complexity index is 1610. The molecule has 178 valence electrons. The van der Waals surface area contributed by atoms with E-state index in [4.69, 9.17) is 4.74 Å². The number of nitrogens with zero attached hydrogens (tertiary/aromatic N) is 1. The fourth-order valence-electron chi connectivity index (χ4n) is 4.36. The van der Waals surface area contributed by atoms with E-state index in [0.717, 1.165) is 21.1 Å². The molecule has 0 spiro atoms. The number of benzene rings is 2. The van der Waals surface area contributed by atoms with Crippen LogP contribution in [0.3, 0.4) is 0 Å². The summed E-state index contributed by atoms with van der Waals surface area (Å²) in [7, 11) is 0. The van der Waals surface area contributed by atoms with Crippen LogP contribution in [0, 0.1) is 26.6 Å². The molecule has 0 atom stereocenters. The van der Waals surface area contributed by atoms with Crippen molar-refractivity contribution < 1.29 is 18.7 Å². The number of amides is 1. The van der Waals surface area contributed by atoms with Crippen molar-refractivity contribution in [2.24, 2.45) is 0 Å². The number of para-hydroxylation sites is 1. The number of halogens is 1. The Labute approximate surface area is 206 Å². The van der Waals surface area contributed by atoms with E-state index in [9.17, 15) is 18.8 Å². The number of fused-ring (bicyclic) bond motifs is 2. The van der Waals surface area contributed by atoms with Crippen LogP contribution >= 0.6 is 0 Å². The predicted molar refractivity (Wildman–Crippen MR) is 133 cm³/mol. The third kappa shape index (κ3) is 4.07. The van der Waals surface area contributed by atoms with E-state index in [1.165, 1.54) is 12.1 Å². The molecule has 0 unspecified atom stereocenters. The van der Waals surface area contributed by atoms with Crippen LogP contribution < -0.4 is 10.9 Å². The van der Waals surface area contributed by atoms with Gasteiger partial charge >= 0.3 is 182 Å². The number of aromatic nitrogens is 2. The number of nitrogens with one attached hydrogen (secondary N) is 2. The minimum atomic E-state index is -0.504. The molecule has 0 radical (unpaired) electrons. The summed E-state index contributed by atoms with van der Waals surface area (Å²) in [4.78, 5) is 41.1. The van der Waals surface area contributed by atoms with Gasteiger partial charge in [-0.15, -0.1) is 0 Å². The molecule has 35 heavy (non-hydrogen) atoms. The fraction of sp³-hybridized carbons (Fsp3) is 0.192. The van der Waals surface area contributed by atoms with Crippen molar-refractivity contribution in [2.45, 2.75) is 27.3 Å². The molecule has 0 saturated carbocycles. The molecule has 9 heteroatoms. The van der Waals surface area contributed by atoms with Gasteiger partial charge in [0.05, 0.1) is 0 Å². The molecule has 2 aromatic carbocycles. The zero-order chi connectivity index (χ0) is 24.9. The molecule has 0 aliphatic carbocycles. The first-order valence-corrected chi connectivity index (χ1v) is 12.7. The van der Waals surface area contributed by atoms with Crippen LogP contribution in [-0.2, 0) is 16.1 Å². The number of rotatable bonds is 5. The Hall–Kier alpha value is -3.68. The fourth-order valence-corrected chi connectivity index (χ4v) is 6.37. The van der Waals surface area contributed by atoms with E-state index in [2.05, 4.69) is 10.3 Å². The van der Waals surface area contributed by atoms with Gasteiger partial charge < -0.3 is 0 Å². The number of carbonyl (C=O) groups is 2. The van der Waals surface area contributed by atoms with Gasteiger partial charge in [-0.2, -0.15) is 0 Å². The molecule has 5 rings (SSSR count). The number of H-pyrrole nitrogens is 1. The van der Waals surface area contributed by atoms with Gasteiger partial charge in [0, 0.05) is 0 Å². The molecule has 7 nitrogen and oxygen atoms in total. The number of carbonyl (C=O) groups excluding carboxylic acids is 2. The van der Waals surface area contributed by atoms with Gasteiger partial charge in [-0.25, -0.2) is 0 Å². The SMILES string of the molecule is Cc1cccc2c1NC(=O)/C2=C\c1[nH]c(C)c(C(=O)OCCn2[se]c3ccc(F)cc3c2=O)c1C. The van der Waals surface area contributed by atoms with Crippen LogP contribution in [0.25, 0.3) is 21.3 Å². The van der Waals surface area contributed by atoms with Crippen molar-refractivity contribution in [1.29, 1.82) is 0 Å². The third-order valence-electron chi connectivity index (χ3n) is 6.15. The molecular formula is C26H22FN3O4Se. The van der Waals surface area contributed by atoms with Gasteiger partial charge in [0.2, 0.25) is 0 Å². The maximum absolute atomic E-state index is 13.5. The van der Waals surface area contributed by atoms with Gasteiger partial charge in [-0.05, 0) is 12.5 Å². The van der Waals surface area contributed by atoms with Gasteiger partial charge in [-0.3, -0.25) is 0 Å². The first-order valence-electron chi connectivity index (χ1n) is 11.0. The van der Waals surface area contributed by atoms with Crippen molar-refractivity contribution in [2.75, 3.05) is 11.9 Å². The summed E-state index contributed by atoms with van der Waals surface area (Å²) in [5.41, 5.74) is 5.25. The summed E-state index contributed by atoms with van der Waals surface area (Å²) in [6.07, 6.45) is 1.75. The molecule has 1 amide bonds. The third-order valence-corrected chi connectivity index (χ3v) is 8.50. The summed E-state index contributed by atoms with van der Waals surface area (Å²) in [6.45, 7) is 5.77. The average Bonchev–Trinajstić information content (AvgIpc) is 3.41. The molecule has 2 aromatic heterocycles. The number of ether oxygens (including phenoxy) is 1. The molecule has 1 aliphatic rings. The van der Waals surface area contributed by atoms with Crippen molar-refractivity contribution in [3.63, 3.8) is 0 Å². The molecule has 0 bridgehead atoms. The summed E-state index contributed by atoms with van der Waals surface area (Å²) >= 11 is -0.276. The molecule has 2 N–H and O–H groups in total. The zero-order valence-electron chi connectivity index (χ0n) is 19.3. The molecular weight excluding hydrogens is 516 g/mol. The summed E-state index contributed by atoms with van der Waals surface area (Å²) < 4.78 is 21.4. The second-order valence-electron chi connectivity index (χ2n) is 8.45. The summed E-state index contributed by atoms with van der Waals surface area (Å²) in [5, 5.41) is 3.28. The topological polar surface area (TPSA) is 93.2 Å². The molecule has 0 saturated heterocycles. The van der Waals surface area contributed by atoms with E-state index in [1.54, 1.807) is 29.6 Å². The maximum atomic E-state index is 13.5. The number of esters is 1. The van der Waals surface area contributed by atoms with Crippen LogP contribution in [0.1, 0.15) is 38.4 Å². The van der Waals surface area contributed by atoms with E-state index in [-0.39, 0.29) is 39.4 Å². The Balaban J connectivity index is 1.34. The molecule has 4 aromatic rings. The van der Waals surface area contributed by atoms with E-state index >= 15 is 0 Å². The van der Waals surface area contributed by atoms with Crippen LogP contribution in [-0.4, -0.2) is 41.8 Å². The van der Waals surface area contributed by atoms with Crippen molar-refractivity contribution in [3.8, 4) is 0 Å². The molecule has 0 fully saturated rings. The number of aromatic amines is 1. The van der Waals surface area contributed by atoms with Crippen LogP contribution in [0.5, 0.6) is 0 Å². The number of anilines is 1. The first-order chi connectivity index (χ1) is 16.7. The number of aryl methyl sites for hydroxylation is 2. The first kappa shape index (κ1) is 23.1. The standard InChI is InChI=1S/C26H22FN3O4Se/c1-13-5-4-6-17-18(24(31)29-23(13)17)12-20-14(2)22(15(3)28-20)26(33)34-10-9-30-25(32)19-11-16(27)7-8-21(19)35-30/h4-8,11-12,28H,9-10H2,1-3H3,(H,29,31)/b18-12-. The van der Waals surface area contributed by atoms with Crippen LogP contribution in [0.15, 0.2) is 41.2 Å². The quantitative estimate of drug-likeness (QED) is 0.230. The van der Waals surface area contributed by atoms with Gasteiger partial charge in [0.15, 0.2) is 0 Å². The predicted octanol–water partition coefficient (Wildman–Crippen LogP) is 3.80. The monoisotopic (exact) mass is 539 g/mol. The zero-order valence-corrected chi connectivity index (χ0v) is 21.0. The molecule has 3 heterocycles. The Morgan fingerprint density at radius 2 is 1.97 bits per heavy atom. The second-order valence-corrected chi connectivity index (χ2v) is 10.7. The Kier molecular flexibility index (Phi) is 5.82. The van der Waals surface area contributed by atoms with Crippen molar-refractivity contribution in [1.82, 2.24) is 8.55 Å². The van der Waals surface area contributed by atoms with Gasteiger partial charge in [0.25, 0.3) is 0 Å². The molecule has 1 aliphatic heterocycles. The van der Waals surface area contributed by atoms with Crippen LogP contribution in [0.4, 0.5) is 10.1 Å². The van der Waals surface area contributed by atoms with Crippen molar-refractivity contribution in [3.05, 3.63) is 86.2 Å². The summed E-state index contributed by atoms with van der Waals surface area (Å²) in [5.74, 6) is -1.14. The van der Waals surface area contributed by atoms with Gasteiger partial charge in [0.1, 0.15) is 0 Å². The number of hydrogen-bond acceptors (Lipinski definition) is 4. The Morgan fingerprint density at radius 3 is 2.77 bits per heavy atom. The van der Waals surface area contributed by atoms with Gasteiger partial charge in [-0.1, -0.05) is 12.1 Å². The second kappa shape index (κ2) is 8.83. The number of hydrogen-bond donors (Lipinski definition) is 2. The summed E-state index contributed by atoms with van der Waals surface area (Å²) in [6, 6.07) is 9.95. The normalized spacial score (nSPS) is 13.9. The van der Waals surface area contributed by atoms with E-state index < -0.39 is 11.8 Å². The average molecular weight is 538 g/mol. The van der Waals surface area contributed by atoms with Crippen LogP contribution in [0.2, 0.25) is 0 Å². The minimum absolute atomic E-state index is 0.0261. The Morgan fingerprint density at radius 1 is 1.17 bits per heavy atom. The van der Waals surface area contributed by atoms with Crippen molar-refractivity contribution >= 4 is 53.6 Å².